The standard InChI is InChI=1S/C9H18N2O3/c10-4-2-1-3-5-11-9(6-12,7-13)8-14/h11-14H,1-3,5-8H2. The van der Waals surface area contributed by atoms with Crippen molar-refractivity contribution < 1.29 is 15.3 Å². The first kappa shape index (κ1) is 13.3. The van der Waals surface area contributed by atoms with E-state index >= 15 is 0 Å². The number of aliphatic hydroxyl groups is 3. The summed E-state index contributed by atoms with van der Waals surface area (Å²) in [5, 5.41) is 38.0. The fourth-order valence-electron chi connectivity index (χ4n) is 1.00. The molecule has 0 aliphatic rings. The third-order valence-electron chi connectivity index (χ3n) is 2.12. The van der Waals surface area contributed by atoms with Crippen molar-refractivity contribution in [1.29, 1.82) is 5.26 Å². The smallest absolute Gasteiger partial charge is 0.0881 e. The van der Waals surface area contributed by atoms with Crippen LogP contribution in [-0.4, -0.2) is 47.2 Å². The average molecular weight is 202 g/mol. The topological polar surface area (TPSA) is 96.5 Å². The molecule has 82 valence electrons. The van der Waals surface area contributed by atoms with Crippen molar-refractivity contribution in [3.63, 3.8) is 0 Å². The largest absolute Gasteiger partial charge is 0.394 e. The Labute approximate surface area is 84.0 Å². The average Bonchev–Trinajstić information content (AvgIpc) is 2.24. The quantitative estimate of drug-likeness (QED) is 0.378. The van der Waals surface area contributed by atoms with Crippen LogP contribution in [0, 0.1) is 11.3 Å². The first-order valence-electron chi connectivity index (χ1n) is 4.69. The van der Waals surface area contributed by atoms with Crippen molar-refractivity contribution in [2.24, 2.45) is 0 Å². The van der Waals surface area contributed by atoms with Crippen LogP contribution in [0.1, 0.15) is 19.3 Å². The summed E-state index contributed by atoms with van der Waals surface area (Å²) in [6.45, 7) is -0.349. The first-order valence-corrected chi connectivity index (χ1v) is 4.69. The number of hydrogen-bond acceptors (Lipinski definition) is 5. The molecule has 0 aromatic heterocycles. The van der Waals surface area contributed by atoms with Crippen LogP contribution in [0.4, 0.5) is 0 Å². The molecule has 0 rings (SSSR count). The van der Waals surface area contributed by atoms with E-state index in [0.29, 0.717) is 13.0 Å². The lowest BCUT2D eigenvalue weighted by Crippen LogP contribution is -2.55. The number of nitrogens with one attached hydrogen (secondary N) is 1. The summed E-state index contributed by atoms with van der Waals surface area (Å²) >= 11 is 0. The van der Waals surface area contributed by atoms with Gasteiger partial charge in [-0.05, 0) is 19.4 Å². The van der Waals surface area contributed by atoms with Gasteiger partial charge in [0.1, 0.15) is 0 Å². The maximum Gasteiger partial charge on any atom is 0.0881 e. The van der Waals surface area contributed by atoms with E-state index in [4.69, 9.17) is 20.6 Å². The van der Waals surface area contributed by atoms with Crippen molar-refractivity contribution in [3.05, 3.63) is 0 Å². The maximum atomic E-state index is 8.94. The molecule has 0 heterocycles. The Morgan fingerprint density at radius 1 is 1.07 bits per heavy atom. The third-order valence-corrected chi connectivity index (χ3v) is 2.12. The molecule has 4 N–H and O–H groups in total. The molecule has 0 amide bonds. The van der Waals surface area contributed by atoms with Crippen LogP contribution >= 0.6 is 0 Å². The number of hydrogen-bond donors (Lipinski definition) is 4. The van der Waals surface area contributed by atoms with Crippen LogP contribution in [0.2, 0.25) is 0 Å². The van der Waals surface area contributed by atoms with Gasteiger partial charge in [-0.2, -0.15) is 5.26 Å². The van der Waals surface area contributed by atoms with Gasteiger partial charge in [-0.1, -0.05) is 0 Å². The number of unbranched alkanes of at least 4 members (excludes halogenated alkanes) is 2. The van der Waals surface area contributed by atoms with E-state index < -0.39 is 5.54 Å². The van der Waals surface area contributed by atoms with E-state index in [-0.39, 0.29) is 19.8 Å². The molecule has 0 unspecified atom stereocenters. The lowest BCUT2D eigenvalue weighted by Gasteiger charge is -2.28. The lowest BCUT2D eigenvalue weighted by molar-refractivity contribution is 0.0426. The highest BCUT2D eigenvalue weighted by molar-refractivity contribution is 4.86. The van der Waals surface area contributed by atoms with Crippen LogP contribution in [0.15, 0.2) is 0 Å². The summed E-state index contributed by atoms with van der Waals surface area (Å²) < 4.78 is 0. The predicted molar refractivity (Wildman–Crippen MR) is 51.5 cm³/mol. The summed E-state index contributed by atoms with van der Waals surface area (Å²) in [5.41, 5.74) is -0.993. The zero-order valence-electron chi connectivity index (χ0n) is 8.24. The second-order valence-corrected chi connectivity index (χ2v) is 3.30. The SMILES string of the molecule is N#CCCCCNC(CO)(CO)CO. The van der Waals surface area contributed by atoms with Gasteiger partial charge in [0, 0.05) is 6.42 Å². The molecular formula is C9H18N2O3. The van der Waals surface area contributed by atoms with E-state index in [0.717, 1.165) is 12.8 Å². The van der Waals surface area contributed by atoms with Crippen LogP contribution < -0.4 is 5.32 Å². The Bertz CT molecular complexity index is 167. The lowest BCUT2D eigenvalue weighted by atomic mass is 10.0. The second kappa shape index (κ2) is 7.71. The van der Waals surface area contributed by atoms with Gasteiger partial charge in [-0.15, -0.1) is 0 Å². The molecule has 5 heteroatoms. The monoisotopic (exact) mass is 202 g/mol. The van der Waals surface area contributed by atoms with Crippen molar-refractivity contribution in [3.8, 4) is 6.07 Å². The third kappa shape index (κ3) is 4.53. The maximum absolute atomic E-state index is 8.94. The Morgan fingerprint density at radius 3 is 2.07 bits per heavy atom. The van der Waals surface area contributed by atoms with Gasteiger partial charge in [0.05, 0.1) is 31.4 Å². The molecule has 0 aromatic rings. The van der Waals surface area contributed by atoms with Crippen LogP contribution in [-0.2, 0) is 0 Å². The Hall–Kier alpha value is -0.670. The Morgan fingerprint density at radius 2 is 1.64 bits per heavy atom. The number of rotatable bonds is 8. The highest BCUT2D eigenvalue weighted by Gasteiger charge is 2.26. The molecule has 0 aliphatic carbocycles. The first-order chi connectivity index (χ1) is 6.74. The van der Waals surface area contributed by atoms with Crippen LogP contribution in [0.5, 0.6) is 0 Å². The molecule has 0 aromatic carbocycles. The fraction of sp³-hybridized carbons (Fsp3) is 0.889. The molecule has 0 aliphatic heterocycles. The van der Waals surface area contributed by atoms with Gasteiger partial charge in [0.15, 0.2) is 0 Å². The molecule has 0 spiro atoms. The van der Waals surface area contributed by atoms with Crippen molar-refractivity contribution >= 4 is 0 Å². The van der Waals surface area contributed by atoms with Gasteiger partial charge in [-0.3, -0.25) is 0 Å². The molecule has 0 saturated heterocycles. The summed E-state index contributed by atoms with van der Waals surface area (Å²) in [7, 11) is 0. The van der Waals surface area contributed by atoms with Crippen molar-refractivity contribution in [1.82, 2.24) is 5.32 Å². The molecular weight excluding hydrogens is 184 g/mol. The van der Waals surface area contributed by atoms with Gasteiger partial charge in [-0.25, -0.2) is 0 Å². The fourth-order valence-corrected chi connectivity index (χ4v) is 1.00. The van der Waals surface area contributed by atoms with Gasteiger partial charge >= 0.3 is 0 Å². The van der Waals surface area contributed by atoms with Gasteiger partial charge in [0.2, 0.25) is 0 Å². The Kier molecular flexibility index (Phi) is 7.34. The summed E-state index contributed by atoms with van der Waals surface area (Å²) in [4.78, 5) is 0. The van der Waals surface area contributed by atoms with Crippen LogP contribution in [0.25, 0.3) is 0 Å². The van der Waals surface area contributed by atoms with E-state index in [1.165, 1.54) is 0 Å². The van der Waals surface area contributed by atoms with Gasteiger partial charge in [0.25, 0.3) is 0 Å². The number of nitriles is 1. The number of nitrogens with zero attached hydrogens (tertiary/aromatic N) is 1. The molecule has 0 fully saturated rings. The molecule has 0 atom stereocenters. The normalized spacial score (nSPS) is 11.3. The van der Waals surface area contributed by atoms with Gasteiger partial charge < -0.3 is 20.6 Å². The van der Waals surface area contributed by atoms with E-state index in [9.17, 15) is 0 Å². The zero-order chi connectivity index (χ0) is 10.9. The molecule has 0 radical (unpaired) electrons. The van der Waals surface area contributed by atoms with E-state index in [1.807, 2.05) is 6.07 Å². The molecule has 5 nitrogen and oxygen atoms in total. The minimum absolute atomic E-state index is 0.307. The predicted octanol–water partition coefficient (Wildman–Crippen LogP) is -1.01. The molecule has 0 saturated carbocycles. The summed E-state index contributed by atoms with van der Waals surface area (Å²) in [5.74, 6) is 0. The minimum atomic E-state index is -0.993. The highest BCUT2D eigenvalue weighted by atomic mass is 16.3. The van der Waals surface area contributed by atoms with Crippen molar-refractivity contribution in [2.45, 2.75) is 24.8 Å². The number of aliphatic hydroxyl groups excluding tert-OH is 3. The Balaban J connectivity index is 3.67. The summed E-state index contributed by atoms with van der Waals surface area (Å²) in [6, 6.07) is 2.03. The van der Waals surface area contributed by atoms with Crippen molar-refractivity contribution in [2.75, 3.05) is 26.4 Å². The van der Waals surface area contributed by atoms with Crippen LogP contribution in [0.3, 0.4) is 0 Å². The minimum Gasteiger partial charge on any atom is -0.394 e. The second-order valence-electron chi connectivity index (χ2n) is 3.30. The van der Waals surface area contributed by atoms with E-state index in [1.54, 1.807) is 0 Å². The highest BCUT2D eigenvalue weighted by Crippen LogP contribution is 2.02. The molecule has 0 bridgehead atoms. The zero-order valence-corrected chi connectivity index (χ0v) is 8.24. The molecule has 14 heavy (non-hydrogen) atoms. The summed E-state index contributed by atoms with van der Waals surface area (Å²) in [6.07, 6.45) is 2.07. The van der Waals surface area contributed by atoms with E-state index in [2.05, 4.69) is 5.32 Å².